The fraction of sp³-hybridized carbons (Fsp3) is 0.231. The van der Waals surface area contributed by atoms with Crippen molar-refractivity contribution in [1.29, 1.82) is 0 Å². The zero-order valence-electron chi connectivity index (χ0n) is 19.9. The summed E-state index contributed by atoms with van der Waals surface area (Å²) in [6.45, 7) is 2.88. The number of benzene rings is 3. The largest absolute Gasteiger partial charge is 0.493 e. The monoisotopic (exact) mass is 473 g/mol. The van der Waals surface area contributed by atoms with Crippen LogP contribution in [0.4, 0.5) is 23.0 Å². The number of hydrogen-bond acceptors (Lipinski definition) is 8. The normalized spacial score (nSPS) is 10.7. The third-order valence-corrected chi connectivity index (χ3v) is 5.77. The van der Waals surface area contributed by atoms with Crippen LogP contribution in [0.3, 0.4) is 0 Å². The van der Waals surface area contributed by atoms with E-state index in [9.17, 15) is 10.1 Å². The Labute approximate surface area is 203 Å². The Bertz CT molecular complexity index is 1340. The molecule has 0 unspecified atom stereocenters. The molecule has 0 fully saturated rings. The lowest BCUT2D eigenvalue weighted by molar-refractivity contribution is -0.383. The Morgan fingerprint density at radius 3 is 2.51 bits per heavy atom. The van der Waals surface area contributed by atoms with Gasteiger partial charge in [0.25, 0.3) is 0 Å². The number of nitrogens with zero attached hydrogens (tertiary/aromatic N) is 4. The summed E-state index contributed by atoms with van der Waals surface area (Å²) in [6.07, 6.45) is 1.96. The minimum absolute atomic E-state index is 0.158. The molecule has 35 heavy (non-hydrogen) atoms. The number of fused-ring (bicyclic) bond motifs is 1. The highest BCUT2D eigenvalue weighted by Crippen LogP contribution is 2.38. The molecule has 9 nitrogen and oxygen atoms in total. The van der Waals surface area contributed by atoms with Gasteiger partial charge in [-0.2, -0.15) is 0 Å². The zero-order valence-corrected chi connectivity index (χ0v) is 19.9. The van der Waals surface area contributed by atoms with Gasteiger partial charge >= 0.3 is 5.69 Å². The smallest absolute Gasteiger partial charge is 0.353 e. The SMILES string of the molecule is CCN(c1ncnc(NCCc2ccc(OC)c(OC)c2)c1[N+](=O)[O-])c1cccc2ccccc12. The highest BCUT2D eigenvalue weighted by molar-refractivity contribution is 5.96. The van der Waals surface area contributed by atoms with Gasteiger partial charge in [-0.25, -0.2) is 9.97 Å². The average Bonchev–Trinajstić information content (AvgIpc) is 2.89. The van der Waals surface area contributed by atoms with Crippen molar-refractivity contribution in [3.63, 3.8) is 0 Å². The Morgan fingerprint density at radius 1 is 1.00 bits per heavy atom. The van der Waals surface area contributed by atoms with Gasteiger partial charge in [-0.1, -0.05) is 42.5 Å². The molecule has 0 aliphatic rings. The lowest BCUT2D eigenvalue weighted by Gasteiger charge is -2.24. The Morgan fingerprint density at radius 2 is 1.77 bits per heavy atom. The first-order valence-electron chi connectivity index (χ1n) is 11.3. The van der Waals surface area contributed by atoms with Gasteiger partial charge in [-0.05, 0) is 42.5 Å². The van der Waals surface area contributed by atoms with E-state index >= 15 is 0 Å². The zero-order chi connectivity index (χ0) is 24.8. The number of anilines is 3. The van der Waals surface area contributed by atoms with Gasteiger partial charge in [0.1, 0.15) is 6.33 Å². The van der Waals surface area contributed by atoms with Gasteiger partial charge in [-0.15, -0.1) is 0 Å². The molecule has 0 radical (unpaired) electrons. The van der Waals surface area contributed by atoms with Crippen LogP contribution in [0.1, 0.15) is 12.5 Å². The molecule has 0 saturated heterocycles. The van der Waals surface area contributed by atoms with Crippen LogP contribution in [0.2, 0.25) is 0 Å². The summed E-state index contributed by atoms with van der Waals surface area (Å²) >= 11 is 0. The quantitative estimate of drug-likeness (QED) is 0.242. The number of nitrogens with one attached hydrogen (secondary N) is 1. The van der Waals surface area contributed by atoms with Gasteiger partial charge in [0, 0.05) is 18.5 Å². The number of hydrogen-bond donors (Lipinski definition) is 1. The van der Waals surface area contributed by atoms with Crippen molar-refractivity contribution >= 4 is 33.8 Å². The van der Waals surface area contributed by atoms with Crippen molar-refractivity contribution in [2.24, 2.45) is 0 Å². The van der Waals surface area contributed by atoms with E-state index in [0.29, 0.717) is 31.0 Å². The molecule has 0 spiro atoms. The molecule has 1 heterocycles. The molecule has 0 atom stereocenters. The Balaban J connectivity index is 1.63. The van der Waals surface area contributed by atoms with Crippen molar-refractivity contribution in [1.82, 2.24) is 9.97 Å². The second kappa shape index (κ2) is 10.7. The summed E-state index contributed by atoms with van der Waals surface area (Å²) in [4.78, 5) is 22.1. The van der Waals surface area contributed by atoms with E-state index in [1.165, 1.54) is 6.33 Å². The predicted molar refractivity (Wildman–Crippen MR) is 137 cm³/mol. The van der Waals surface area contributed by atoms with Crippen LogP contribution in [0, 0.1) is 10.1 Å². The number of aromatic nitrogens is 2. The first kappa shape index (κ1) is 23.7. The maximum atomic E-state index is 12.2. The summed E-state index contributed by atoms with van der Waals surface area (Å²) in [5.74, 6) is 1.71. The van der Waals surface area contributed by atoms with Crippen molar-refractivity contribution in [3.8, 4) is 11.5 Å². The van der Waals surface area contributed by atoms with Crippen LogP contribution in [0.15, 0.2) is 67.0 Å². The van der Waals surface area contributed by atoms with Crippen LogP contribution in [-0.4, -0.2) is 42.2 Å². The first-order valence-corrected chi connectivity index (χ1v) is 11.3. The summed E-state index contributed by atoms with van der Waals surface area (Å²) in [6, 6.07) is 19.5. The molecule has 0 aliphatic heterocycles. The fourth-order valence-corrected chi connectivity index (χ4v) is 4.10. The van der Waals surface area contributed by atoms with Crippen LogP contribution < -0.4 is 19.7 Å². The van der Waals surface area contributed by atoms with Gasteiger partial charge in [-0.3, -0.25) is 10.1 Å². The van der Waals surface area contributed by atoms with Crippen molar-refractivity contribution in [2.45, 2.75) is 13.3 Å². The maximum absolute atomic E-state index is 12.2. The molecule has 4 aromatic rings. The molecule has 0 aliphatic carbocycles. The van der Waals surface area contributed by atoms with E-state index in [4.69, 9.17) is 9.47 Å². The molecule has 3 aromatic carbocycles. The topological polar surface area (TPSA) is 103 Å². The highest BCUT2D eigenvalue weighted by Gasteiger charge is 2.28. The molecule has 4 rings (SSSR count). The van der Waals surface area contributed by atoms with Crippen molar-refractivity contribution < 1.29 is 14.4 Å². The molecule has 1 aromatic heterocycles. The second-order valence-electron chi connectivity index (χ2n) is 7.76. The van der Waals surface area contributed by atoms with E-state index in [2.05, 4.69) is 15.3 Å². The summed E-state index contributed by atoms with van der Waals surface area (Å²) < 4.78 is 10.6. The van der Waals surface area contributed by atoms with Gasteiger partial charge in [0.05, 0.1) is 24.8 Å². The third-order valence-electron chi connectivity index (χ3n) is 5.77. The van der Waals surface area contributed by atoms with E-state index in [1.54, 1.807) is 14.2 Å². The molecular formula is C26H27N5O4. The van der Waals surface area contributed by atoms with Crippen molar-refractivity contribution in [2.75, 3.05) is 37.5 Å². The number of rotatable bonds is 10. The third kappa shape index (κ3) is 4.93. The van der Waals surface area contributed by atoms with Crippen LogP contribution in [0.25, 0.3) is 10.8 Å². The standard InChI is InChI=1S/C26H27N5O4/c1-4-30(21-11-7-9-19-8-5-6-10-20(19)21)26-24(31(32)33)25(28-17-29-26)27-15-14-18-12-13-22(34-2)23(16-18)35-3/h5-13,16-17H,4,14-15H2,1-3H3,(H,27,28,29). The van der Waals surface area contributed by atoms with Gasteiger partial charge < -0.3 is 19.7 Å². The van der Waals surface area contributed by atoms with Crippen LogP contribution in [0.5, 0.6) is 11.5 Å². The van der Waals surface area contributed by atoms with E-state index in [1.807, 2.05) is 72.5 Å². The predicted octanol–water partition coefficient (Wildman–Crippen LogP) is 5.37. The molecule has 0 amide bonds. The number of nitro groups is 1. The molecule has 9 heteroatoms. The lowest BCUT2D eigenvalue weighted by atomic mass is 10.1. The Hall–Kier alpha value is -4.40. The molecule has 0 saturated carbocycles. The molecular weight excluding hydrogens is 446 g/mol. The van der Waals surface area contributed by atoms with E-state index < -0.39 is 4.92 Å². The van der Waals surface area contributed by atoms with Gasteiger partial charge in [0.15, 0.2) is 11.5 Å². The fourth-order valence-electron chi connectivity index (χ4n) is 4.10. The number of ether oxygens (including phenoxy) is 2. The summed E-state index contributed by atoms with van der Waals surface area (Å²) in [5, 5.41) is 17.3. The summed E-state index contributed by atoms with van der Waals surface area (Å²) in [5.41, 5.74) is 1.69. The van der Waals surface area contributed by atoms with Gasteiger partial charge in [0.2, 0.25) is 11.6 Å². The number of methoxy groups -OCH3 is 2. The van der Waals surface area contributed by atoms with E-state index in [0.717, 1.165) is 22.0 Å². The minimum Gasteiger partial charge on any atom is -0.493 e. The molecule has 1 N–H and O–H groups in total. The molecule has 180 valence electrons. The van der Waals surface area contributed by atoms with Crippen LogP contribution in [-0.2, 0) is 6.42 Å². The van der Waals surface area contributed by atoms with E-state index in [-0.39, 0.29) is 17.3 Å². The summed E-state index contributed by atoms with van der Waals surface area (Å²) in [7, 11) is 3.17. The van der Waals surface area contributed by atoms with Crippen LogP contribution >= 0.6 is 0 Å². The average molecular weight is 474 g/mol. The van der Waals surface area contributed by atoms with Crippen molar-refractivity contribution in [3.05, 3.63) is 82.7 Å². The molecule has 0 bridgehead atoms. The first-order chi connectivity index (χ1) is 17.1. The minimum atomic E-state index is -0.429. The maximum Gasteiger partial charge on any atom is 0.353 e. The highest BCUT2D eigenvalue weighted by atomic mass is 16.6. The lowest BCUT2D eigenvalue weighted by Crippen LogP contribution is -2.20. The Kier molecular flexibility index (Phi) is 7.25. The second-order valence-corrected chi connectivity index (χ2v) is 7.76.